The highest BCUT2D eigenvalue weighted by atomic mass is 16.5. The van der Waals surface area contributed by atoms with Gasteiger partial charge >= 0.3 is 5.97 Å². The number of esters is 1. The van der Waals surface area contributed by atoms with Crippen molar-refractivity contribution in [2.75, 3.05) is 6.61 Å². The predicted molar refractivity (Wildman–Crippen MR) is 66.1 cm³/mol. The fraction of sp³-hybridized carbons (Fsp3) is 0.643. The van der Waals surface area contributed by atoms with Crippen LogP contribution in [0.2, 0.25) is 0 Å². The Bertz CT molecular complexity index is 424. The molecular weight excluding hydrogens is 228 g/mol. The molecule has 1 saturated carbocycles. The Labute approximate surface area is 108 Å². The number of nitriles is 2. The van der Waals surface area contributed by atoms with Gasteiger partial charge in [-0.1, -0.05) is 13.3 Å². The van der Waals surface area contributed by atoms with Crippen LogP contribution in [0.15, 0.2) is 11.1 Å². The molecule has 1 aliphatic rings. The highest BCUT2D eigenvalue weighted by Crippen LogP contribution is 2.43. The number of rotatable bonds is 3. The van der Waals surface area contributed by atoms with Gasteiger partial charge in [-0.3, -0.25) is 4.79 Å². The first-order chi connectivity index (χ1) is 8.60. The van der Waals surface area contributed by atoms with Gasteiger partial charge in [-0.25, -0.2) is 0 Å². The second kappa shape index (κ2) is 6.21. The topological polar surface area (TPSA) is 73.9 Å². The maximum absolute atomic E-state index is 12.2. The van der Waals surface area contributed by atoms with Gasteiger partial charge in [-0.15, -0.1) is 0 Å². The van der Waals surface area contributed by atoms with E-state index in [1.54, 1.807) is 6.92 Å². The van der Waals surface area contributed by atoms with E-state index in [0.717, 1.165) is 19.3 Å². The molecule has 1 atom stereocenters. The average Bonchev–Trinajstić information content (AvgIpc) is 2.39. The SMILES string of the molecule is CCCOC(=O)C1(C)CCCCC1=C(C#N)C#N. The van der Waals surface area contributed by atoms with Gasteiger partial charge in [-0.05, 0) is 38.2 Å². The summed E-state index contributed by atoms with van der Waals surface area (Å²) < 4.78 is 5.21. The molecule has 96 valence electrons. The minimum atomic E-state index is -0.797. The first-order valence-corrected chi connectivity index (χ1v) is 6.31. The Morgan fingerprint density at radius 2 is 2.06 bits per heavy atom. The van der Waals surface area contributed by atoms with Crippen molar-refractivity contribution in [3.63, 3.8) is 0 Å². The highest BCUT2D eigenvalue weighted by molar-refractivity contribution is 5.81. The van der Waals surface area contributed by atoms with E-state index in [1.807, 2.05) is 19.1 Å². The fourth-order valence-electron chi connectivity index (χ4n) is 2.35. The van der Waals surface area contributed by atoms with Gasteiger partial charge in [0.15, 0.2) is 0 Å². The third-order valence-corrected chi connectivity index (χ3v) is 3.43. The summed E-state index contributed by atoms with van der Waals surface area (Å²) >= 11 is 0. The zero-order chi connectivity index (χ0) is 13.6. The zero-order valence-electron chi connectivity index (χ0n) is 11.0. The summed E-state index contributed by atoms with van der Waals surface area (Å²) in [6.07, 6.45) is 3.89. The van der Waals surface area contributed by atoms with Crippen molar-refractivity contribution in [1.82, 2.24) is 0 Å². The molecule has 0 saturated heterocycles. The first-order valence-electron chi connectivity index (χ1n) is 6.31. The van der Waals surface area contributed by atoms with Crippen LogP contribution in [0, 0.1) is 28.1 Å². The predicted octanol–water partition coefficient (Wildman–Crippen LogP) is 2.86. The Morgan fingerprint density at radius 1 is 1.39 bits per heavy atom. The molecule has 4 heteroatoms. The Morgan fingerprint density at radius 3 is 2.61 bits per heavy atom. The lowest BCUT2D eigenvalue weighted by molar-refractivity contribution is -0.153. The number of nitrogens with zero attached hydrogens (tertiary/aromatic N) is 2. The van der Waals surface area contributed by atoms with Crippen LogP contribution < -0.4 is 0 Å². The summed E-state index contributed by atoms with van der Waals surface area (Å²) in [5, 5.41) is 18.0. The van der Waals surface area contributed by atoms with Gasteiger partial charge in [0.2, 0.25) is 0 Å². The van der Waals surface area contributed by atoms with Crippen LogP contribution in [0.1, 0.15) is 46.0 Å². The van der Waals surface area contributed by atoms with Crippen LogP contribution in [0.4, 0.5) is 0 Å². The fourth-order valence-corrected chi connectivity index (χ4v) is 2.35. The molecule has 0 aromatic carbocycles. The molecule has 0 spiro atoms. The summed E-state index contributed by atoms with van der Waals surface area (Å²) in [4.78, 5) is 12.2. The number of carbonyl (C=O) groups excluding carboxylic acids is 1. The van der Waals surface area contributed by atoms with Gasteiger partial charge in [0.1, 0.15) is 17.7 Å². The lowest BCUT2D eigenvalue weighted by atomic mass is 9.70. The smallest absolute Gasteiger partial charge is 0.316 e. The minimum absolute atomic E-state index is 0.0747. The molecule has 1 unspecified atom stereocenters. The van der Waals surface area contributed by atoms with Crippen molar-refractivity contribution in [3.05, 3.63) is 11.1 Å². The number of hydrogen-bond acceptors (Lipinski definition) is 4. The molecule has 0 aromatic rings. The van der Waals surface area contributed by atoms with E-state index in [-0.39, 0.29) is 11.5 Å². The lowest BCUT2D eigenvalue weighted by Gasteiger charge is -2.34. The molecule has 1 rings (SSSR count). The summed E-state index contributed by atoms with van der Waals surface area (Å²) in [5.41, 5.74) is -0.0701. The van der Waals surface area contributed by atoms with Gasteiger partial charge in [0.25, 0.3) is 0 Å². The molecule has 0 amide bonds. The molecule has 0 bridgehead atoms. The first kappa shape index (κ1) is 14.3. The third kappa shape index (κ3) is 2.71. The van der Waals surface area contributed by atoms with E-state index in [1.165, 1.54) is 0 Å². The van der Waals surface area contributed by atoms with E-state index in [2.05, 4.69) is 0 Å². The van der Waals surface area contributed by atoms with Crippen molar-refractivity contribution in [2.45, 2.75) is 46.0 Å². The van der Waals surface area contributed by atoms with Crippen LogP contribution in [-0.2, 0) is 9.53 Å². The number of carbonyl (C=O) groups is 1. The maximum atomic E-state index is 12.2. The lowest BCUT2D eigenvalue weighted by Crippen LogP contribution is -2.35. The van der Waals surface area contributed by atoms with Crippen LogP contribution in [0.25, 0.3) is 0 Å². The maximum Gasteiger partial charge on any atom is 0.316 e. The third-order valence-electron chi connectivity index (χ3n) is 3.43. The van der Waals surface area contributed by atoms with E-state index < -0.39 is 5.41 Å². The van der Waals surface area contributed by atoms with Gasteiger partial charge in [0.05, 0.1) is 12.0 Å². The van der Waals surface area contributed by atoms with E-state index >= 15 is 0 Å². The van der Waals surface area contributed by atoms with Crippen molar-refractivity contribution >= 4 is 5.97 Å². The quantitative estimate of drug-likeness (QED) is 0.567. The molecule has 1 fully saturated rings. The second-order valence-electron chi connectivity index (χ2n) is 4.75. The molecular formula is C14H18N2O2. The highest BCUT2D eigenvalue weighted by Gasteiger charge is 2.42. The number of ether oxygens (including phenoxy) is 1. The summed E-state index contributed by atoms with van der Waals surface area (Å²) in [5.74, 6) is -0.304. The average molecular weight is 246 g/mol. The van der Waals surface area contributed by atoms with Gasteiger partial charge in [0, 0.05) is 0 Å². The standard InChI is InChI=1S/C14H18N2O2/c1-3-8-18-13(17)14(2)7-5-4-6-12(14)11(9-15)10-16/h3-8H2,1-2H3. The monoisotopic (exact) mass is 246 g/mol. The Hall–Kier alpha value is -1.81. The summed E-state index contributed by atoms with van der Waals surface area (Å²) in [7, 11) is 0. The molecule has 4 nitrogen and oxygen atoms in total. The zero-order valence-corrected chi connectivity index (χ0v) is 11.0. The van der Waals surface area contributed by atoms with Crippen molar-refractivity contribution in [1.29, 1.82) is 10.5 Å². The van der Waals surface area contributed by atoms with Crippen LogP contribution in [0.3, 0.4) is 0 Å². The van der Waals surface area contributed by atoms with E-state index in [4.69, 9.17) is 15.3 Å². The van der Waals surface area contributed by atoms with Crippen LogP contribution >= 0.6 is 0 Å². The van der Waals surface area contributed by atoms with E-state index in [9.17, 15) is 4.79 Å². The molecule has 0 N–H and O–H groups in total. The molecule has 0 radical (unpaired) electrons. The van der Waals surface area contributed by atoms with Gasteiger partial charge < -0.3 is 4.74 Å². The molecule has 1 aliphatic carbocycles. The Kier molecular flexibility index (Phi) is 4.92. The van der Waals surface area contributed by atoms with Crippen LogP contribution in [0.5, 0.6) is 0 Å². The second-order valence-corrected chi connectivity index (χ2v) is 4.75. The van der Waals surface area contributed by atoms with Crippen LogP contribution in [-0.4, -0.2) is 12.6 Å². The summed E-state index contributed by atoms with van der Waals surface area (Å²) in [6, 6.07) is 3.80. The number of allylic oxidation sites excluding steroid dienone is 1. The summed E-state index contributed by atoms with van der Waals surface area (Å²) in [6.45, 7) is 4.10. The molecule has 0 heterocycles. The largest absolute Gasteiger partial charge is 0.465 e. The van der Waals surface area contributed by atoms with Crippen molar-refractivity contribution in [3.8, 4) is 12.1 Å². The normalized spacial score (nSPS) is 22.8. The van der Waals surface area contributed by atoms with Gasteiger partial charge in [-0.2, -0.15) is 10.5 Å². The van der Waals surface area contributed by atoms with E-state index in [0.29, 0.717) is 25.0 Å². The minimum Gasteiger partial charge on any atom is -0.465 e. The van der Waals surface area contributed by atoms with Crippen molar-refractivity contribution < 1.29 is 9.53 Å². The molecule has 0 aromatic heterocycles. The molecule has 18 heavy (non-hydrogen) atoms. The number of hydrogen-bond donors (Lipinski definition) is 0. The Balaban J connectivity index is 3.09. The molecule has 0 aliphatic heterocycles. The van der Waals surface area contributed by atoms with Crippen molar-refractivity contribution in [2.24, 2.45) is 5.41 Å².